The van der Waals surface area contributed by atoms with Crippen molar-refractivity contribution in [3.63, 3.8) is 0 Å². The minimum atomic E-state index is 0.0263. The Balaban J connectivity index is 3.43. The summed E-state index contributed by atoms with van der Waals surface area (Å²) < 4.78 is 0. The van der Waals surface area contributed by atoms with Gasteiger partial charge in [0.1, 0.15) is 6.33 Å². The molecule has 0 radical (unpaired) electrons. The van der Waals surface area contributed by atoms with Gasteiger partial charge in [0, 0.05) is 11.6 Å². The van der Waals surface area contributed by atoms with Gasteiger partial charge in [0.2, 0.25) is 0 Å². The van der Waals surface area contributed by atoms with E-state index in [4.69, 9.17) is 0 Å². The maximum atomic E-state index is 4.57. The van der Waals surface area contributed by atoms with Gasteiger partial charge in [0.15, 0.2) is 0 Å². The second-order valence-corrected chi connectivity index (χ2v) is 7.41. The van der Waals surface area contributed by atoms with Crippen molar-refractivity contribution in [2.24, 2.45) is 5.41 Å². The molecule has 2 heteroatoms. The highest BCUT2D eigenvalue weighted by atomic mass is 14.8. The normalized spacial score (nSPS) is 13.9. The van der Waals surface area contributed by atoms with Gasteiger partial charge in [-0.05, 0) is 16.4 Å². The predicted octanol–water partition coefficient (Wildman–Crippen LogP) is 4.10. The fraction of sp³-hybridized carbons (Fsp3) is 0.733. The van der Waals surface area contributed by atoms with E-state index in [9.17, 15) is 0 Å². The number of hydrogen-bond acceptors (Lipinski definition) is 2. The average Bonchev–Trinajstić information content (AvgIpc) is 2.14. The molecule has 1 aromatic heterocycles. The van der Waals surface area contributed by atoms with Gasteiger partial charge in [-0.25, -0.2) is 9.97 Å². The molecule has 1 aromatic rings. The Morgan fingerprint density at radius 3 is 1.82 bits per heavy atom. The molecule has 17 heavy (non-hydrogen) atoms. The third-order valence-electron chi connectivity index (χ3n) is 3.99. The minimum Gasteiger partial charge on any atom is -0.244 e. The lowest BCUT2D eigenvalue weighted by Crippen LogP contribution is -2.37. The fourth-order valence-electron chi connectivity index (χ4n) is 1.73. The van der Waals surface area contributed by atoms with Crippen LogP contribution >= 0.6 is 0 Å². The van der Waals surface area contributed by atoms with E-state index in [-0.39, 0.29) is 16.2 Å². The van der Waals surface area contributed by atoms with Crippen molar-refractivity contribution in [1.82, 2.24) is 9.97 Å². The van der Waals surface area contributed by atoms with Crippen molar-refractivity contribution in [3.05, 3.63) is 23.8 Å². The number of aromatic nitrogens is 2. The Kier molecular flexibility index (Phi) is 3.39. The molecule has 0 unspecified atom stereocenters. The summed E-state index contributed by atoms with van der Waals surface area (Å²) in [6.45, 7) is 18.0. The highest BCUT2D eigenvalue weighted by Crippen LogP contribution is 2.43. The molecule has 0 atom stereocenters. The molecule has 0 aliphatic rings. The lowest BCUT2D eigenvalue weighted by Gasteiger charge is -2.40. The van der Waals surface area contributed by atoms with Gasteiger partial charge in [-0.1, -0.05) is 55.4 Å². The van der Waals surface area contributed by atoms with Crippen molar-refractivity contribution in [1.29, 1.82) is 0 Å². The predicted molar refractivity (Wildman–Crippen MR) is 73.2 cm³/mol. The number of hydrogen-bond donors (Lipinski definition) is 0. The maximum Gasteiger partial charge on any atom is 0.115 e. The lowest BCUT2D eigenvalue weighted by molar-refractivity contribution is 0.216. The molecule has 0 bridgehead atoms. The molecule has 0 aliphatic heterocycles. The summed E-state index contributed by atoms with van der Waals surface area (Å²) in [5.41, 5.74) is 2.70. The van der Waals surface area contributed by atoms with E-state index >= 15 is 0 Å². The number of rotatable bonds is 1. The smallest absolute Gasteiger partial charge is 0.115 e. The van der Waals surface area contributed by atoms with Crippen molar-refractivity contribution in [3.8, 4) is 0 Å². The zero-order valence-electron chi connectivity index (χ0n) is 12.5. The summed E-state index contributed by atoms with van der Waals surface area (Å²) in [6, 6.07) is 0. The quantitative estimate of drug-likeness (QED) is 0.731. The Morgan fingerprint density at radius 2 is 1.41 bits per heavy atom. The zero-order chi connectivity index (χ0) is 13.5. The van der Waals surface area contributed by atoms with Crippen LogP contribution in [-0.4, -0.2) is 9.97 Å². The Hall–Kier alpha value is -0.920. The van der Waals surface area contributed by atoms with Crippen LogP contribution in [0.3, 0.4) is 0 Å². The van der Waals surface area contributed by atoms with Crippen molar-refractivity contribution in [2.45, 2.75) is 66.2 Å². The Morgan fingerprint density at radius 1 is 0.882 bits per heavy atom. The van der Waals surface area contributed by atoms with Crippen LogP contribution in [0.4, 0.5) is 0 Å². The van der Waals surface area contributed by atoms with Crippen LogP contribution in [0, 0.1) is 5.41 Å². The first-order chi connectivity index (χ1) is 7.48. The van der Waals surface area contributed by atoms with Crippen LogP contribution in [0.15, 0.2) is 12.5 Å². The molecule has 0 fully saturated rings. The van der Waals surface area contributed by atoms with Crippen molar-refractivity contribution in [2.75, 3.05) is 0 Å². The molecular weight excluding hydrogens is 208 g/mol. The minimum absolute atomic E-state index is 0.0263. The van der Waals surface area contributed by atoms with E-state index in [0.717, 1.165) is 0 Å². The molecule has 0 saturated carbocycles. The first-order valence-electron chi connectivity index (χ1n) is 6.29. The molecule has 1 rings (SSSR count). The fourth-order valence-corrected chi connectivity index (χ4v) is 1.73. The zero-order valence-corrected chi connectivity index (χ0v) is 12.5. The van der Waals surface area contributed by atoms with Crippen LogP contribution in [-0.2, 0) is 10.8 Å². The van der Waals surface area contributed by atoms with Crippen LogP contribution in [0.2, 0.25) is 0 Å². The van der Waals surface area contributed by atoms with Gasteiger partial charge < -0.3 is 0 Å². The lowest BCUT2D eigenvalue weighted by atomic mass is 9.64. The molecule has 0 aliphatic carbocycles. The second-order valence-electron chi connectivity index (χ2n) is 7.41. The Bertz CT molecular complexity index is 392. The molecule has 0 N–H and O–H groups in total. The highest BCUT2D eigenvalue weighted by molar-refractivity contribution is 5.31. The third kappa shape index (κ3) is 2.67. The summed E-state index contributed by atoms with van der Waals surface area (Å²) >= 11 is 0. The highest BCUT2D eigenvalue weighted by Gasteiger charge is 2.39. The SMILES string of the molecule is CC(C)(C)c1cncnc1C(C)(C)C(C)(C)C. The monoisotopic (exact) mass is 234 g/mol. The van der Waals surface area contributed by atoms with E-state index < -0.39 is 0 Å². The summed E-state index contributed by atoms with van der Waals surface area (Å²) in [5.74, 6) is 0. The van der Waals surface area contributed by atoms with E-state index in [0.29, 0.717) is 0 Å². The van der Waals surface area contributed by atoms with Crippen molar-refractivity contribution < 1.29 is 0 Å². The van der Waals surface area contributed by atoms with Gasteiger partial charge in [-0.15, -0.1) is 0 Å². The van der Waals surface area contributed by atoms with E-state index in [1.54, 1.807) is 6.33 Å². The average molecular weight is 234 g/mol. The van der Waals surface area contributed by atoms with Crippen LogP contribution in [0.5, 0.6) is 0 Å². The van der Waals surface area contributed by atoms with Gasteiger partial charge in [-0.2, -0.15) is 0 Å². The standard InChI is InChI=1S/C15H26N2/c1-13(2,3)11-9-16-10-17-12(11)15(7,8)14(4,5)6/h9-10H,1-8H3. The first kappa shape index (κ1) is 14.1. The summed E-state index contributed by atoms with van der Waals surface area (Å²) in [5, 5.41) is 0. The van der Waals surface area contributed by atoms with Crippen molar-refractivity contribution >= 4 is 0 Å². The topological polar surface area (TPSA) is 25.8 Å². The molecule has 0 saturated heterocycles. The van der Waals surface area contributed by atoms with E-state index in [1.807, 2.05) is 6.20 Å². The molecule has 2 nitrogen and oxygen atoms in total. The van der Waals surface area contributed by atoms with Crippen LogP contribution in [0.25, 0.3) is 0 Å². The molecule has 0 aromatic carbocycles. The van der Waals surface area contributed by atoms with E-state index in [2.05, 4.69) is 65.4 Å². The van der Waals surface area contributed by atoms with Crippen LogP contribution in [0.1, 0.15) is 66.6 Å². The van der Waals surface area contributed by atoms with E-state index in [1.165, 1.54) is 11.3 Å². The maximum absolute atomic E-state index is 4.57. The molecule has 1 heterocycles. The second kappa shape index (κ2) is 4.08. The van der Waals surface area contributed by atoms with Gasteiger partial charge in [0.25, 0.3) is 0 Å². The third-order valence-corrected chi connectivity index (χ3v) is 3.99. The number of nitrogens with zero attached hydrogens (tertiary/aromatic N) is 2. The summed E-state index contributed by atoms with van der Waals surface area (Å²) in [4.78, 5) is 8.77. The molecular formula is C15H26N2. The largest absolute Gasteiger partial charge is 0.244 e. The molecule has 96 valence electrons. The van der Waals surface area contributed by atoms with Crippen LogP contribution < -0.4 is 0 Å². The molecule has 0 amide bonds. The Labute approximate surface area is 106 Å². The van der Waals surface area contributed by atoms with Gasteiger partial charge in [-0.3, -0.25) is 0 Å². The van der Waals surface area contributed by atoms with Gasteiger partial charge in [0.05, 0.1) is 5.69 Å². The van der Waals surface area contributed by atoms with Gasteiger partial charge >= 0.3 is 0 Å². The summed E-state index contributed by atoms with van der Waals surface area (Å²) in [7, 11) is 0. The first-order valence-corrected chi connectivity index (χ1v) is 6.29. The summed E-state index contributed by atoms with van der Waals surface area (Å²) in [6.07, 6.45) is 3.63. The molecule has 0 spiro atoms.